The summed E-state index contributed by atoms with van der Waals surface area (Å²) in [6, 6.07) is 57.7. The average Bonchev–Trinajstić information content (AvgIpc) is 3.73. The SMILES string of the molecule is [2H]c1c([2H])c(-n2c3ccccc3c3cc(-c4ccc5c(c4)c4ccccc4n5-c4ccccc4-c4ccccc4)ccc32)c([2H])c([2H])c1-c1ccccc1. The molecular weight excluding hydrogens is 605 g/mol. The quantitative estimate of drug-likeness (QED) is 0.177. The summed E-state index contributed by atoms with van der Waals surface area (Å²) in [5.74, 6) is 0. The fraction of sp³-hybridized carbons (Fsp3) is 0. The highest BCUT2D eigenvalue weighted by molar-refractivity contribution is 6.13. The van der Waals surface area contributed by atoms with Gasteiger partial charge in [0.05, 0.1) is 33.2 Å². The lowest BCUT2D eigenvalue weighted by molar-refractivity contribution is 1.18. The zero-order valence-electron chi connectivity index (χ0n) is 31.1. The zero-order chi connectivity index (χ0) is 36.5. The van der Waals surface area contributed by atoms with Crippen LogP contribution in [0.5, 0.6) is 0 Å². The molecule has 0 aliphatic carbocycles. The molecule has 234 valence electrons. The van der Waals surface area contributed by atoms with Gasteiger partial charge in [0.25, 0.3) is 0 Å². The van der Waals surface area contributed by atoms with Crippen LogP contribution in [0, 0.1) is 0 Å². The van der Waals surface area contributed by atoms with Crippen molar-refractivity contribution < 1.29 is 5.48 Å². The van der Waals surface area contributed by atoms with Gasteiger partial charge in [-0.05, 0) is 82.4 Å². The van der Waals surface area contributed by atoms with E-state index in [-0.39, 0.29) is 29.9 Å². The molecule has 0 bridgehead atoms. The number of benzene rings is 8. The van der Waals surface area contributed by atoms with E-state index in [0.29, 0.717) is 11.1 Å². The van der Waals surface area contributed by atoms with E-state index in [0.717, 1.165) is 55.0 Å². The Morgan fingerprint density at radius 2 is 0.800 bits per heavy atom. The van der Waals surface area contributed by atoms with Crippen LogP contribution >= 0.6 is 0 Å². The van der Waals surface area contributed by atoms with Crippen molar-refractivity contribution >= 4 is 43.6 Å². The maximum atomic E-state index is 9.18. The second-order valence-corrected chi connectivity index (χ2v) is 12.6. The van der Waals surface area contributed by atoms with Crippen molar-refractivity contribution in [2.45, 2.75) is 0 Å². The van der Waals surface area contributed by atoms with Gasteiger partial charge < -0.3 is 9.13 Å². The molecule has 0 spiro atoms. The minimum absolute atomic E-state index is 0.0568. The lowest BCUT2D eigenvalue weighted by atomic mass is 10.0. The number of aromatic nitrogens is 2. The van der Waals surface area contributed by atoms with Crippen molar-refractivity contribution in [3.63, 3.8) is 0 Å². The Bertz CT molecular complexity index is 3060. The molecule has 2 heteroatoms. The first-order valence-corrected chi connectivity index (χ1v) is 16.9. The second-order valence-electron chi connectivity index (χ2n) is 12.6. The highest BCUT2D eigenvalue weighted by Crippen LogP contribution is 2.40. The van der Waals surface area contributed by atoms with Crippen molar-refractivity contribution in [2.75, 3.05) is 0 Å². The number of hydrogen-bond donors (Lipinski definition) is 0. The number of para-hydroxylation sites is 3. The molecule has 8 aromatic carbocycles. The molecule has 0 saturated carbocycles. The van der Waals surface area contributed by atoms with Gasteiger partial charge in [0.15, 0.2) is 0 Å². The van der Waals surface area contributed by atoms with Crippen molar-refractivity contribution in [3.8, 4) is 44.8 Å². The molecule has 0 aliphatic heterocycles. The summed E-state index contributed by atoms with van der Waals surface area (Å²) in [7, 11) is 0. The molecule has 0 fully saturated rings. The molecule has 2 aromatic heterocycles. The summed E-state index contributed by atoms with van der Waals surface area (Å²) in [6.45, 7) is 0. The number of hydrogen-bond acceptors (Lipinski definition) is 0. The van der Waals surface area contributed by atoms with Crippen LogP contribution in [0.3, 0.4) is 0 Å². The second kappa shape index (κ2) is 11.5. The smallest absolute Gasteiger partial charge is 0.0645 e. The summed E-state index contributed by atoms with van der Waals surface area (Å²) in [5.41, 5.74) is 10.7. The van der Waals surface area contributed by atoms with E-state index in [4.69, 9.17) is 2.74 Å². The monoisotopic (exact) mass is 640 g/mol. The summed E-state index contributed by atoms with van der Waals surface area (Å²) in [4.78, 5) is 0. The summed E-state index contributed by atoms with van der Waals surface area (Å²) in [6.07, 6.45) is 0. The van der Waals surface area contributed by atoms with E-state index in [1.165, 1.54) is 16.5 Å². The lowest BCUT2D eigenvalue weighted by Gasteiger charge is -2.14. The van der Waals surface area contributed by atoms with Crippen molar-refractivity contribution in [1.82, 2.24) is 9.13 Å². The van der Waals surface area contributed by atoms with Gasteiger partial charge in [-0.2, -0.15) is 0 Å². The largest absolute Gasteiger partial charge is 0.309 e. The Kier molecular flexibility index (Phi) is 5.64. The normalized spacial score (nSPS) is 12.7. The molecule has 0 N–H and O–H groups in total. The van der Waals surface area contributed by atoms with Crippen LogP contribution in [0.25, 0.3) is 88.4 Å². The van der Waals surface area contributed by atoms with Crippen LogP contribution in [0.1, 0.15) is 5.48 Å². The zero-order valence-corrected chi connectivity index (χ0v) is 27.1. The van der Waals surface area contributed by atoms with E-state index >= 15 is 0 Å². The van der Waals surface area contributed by atoms with Gasteiger partial charge in [-0.15, -0.1) is 0 Å². The Labute approximate surface area is 296 Å². The molecule has 50 heavy (non-hydrogen) atoms. The van der Waals surface area contributed by atoms with E-state index in [1.54, 1.807) is 0 Å². The van der Waals surface area contributed by atoms with Crippen molar-refractivity contribution in [2.24, 2.45) is 0 Å². The Hall–Kier alpha value is -6.64. The lowest BCUT2D eigenvalue weighted by Crippen LogP contribution is -1.97. The molecule has 0 aliphatic rings. The minimum Gasteiger partial charge on any atom is -0.309 e. The molecule has 10 aromatic rings. The van der Waals surface area contributed by atoms with Crippen LogP contribution in [0.2, 0.25) is 0 Å². The van der Waals surface area contributed by atoms with Crippen LogP contribution in [-0.4, -0.2) is 9.13 Å². The van der Waals surface area contributed by atoms with E-state index in [2.05, 4.69) is 114 Å². The summed E-state index contributed by atoms with van der Waals surface area (Å²) in [5, 5.41) is 4.30. The van der Waals surface area contributed by atoms with Gasteiger partial charge >= 0.3 is 0 Å². The highest BCUT2D eigenvalue weighted by atomic mass is 15.0. The van der Waals surface area contributed by atoms with Crippen LogP contribution < -0.4 is 0 Å². The molecule has 10 rings (SSSR count). The summed E-state index contributed by atoms with van der Waals surface area (Å²) < 4.78 is 40.6. The fourth-order valence-corrected chi connectivity index (χ4v) is 7.50. The van der Waals surface area contributed by atoms with Crippen LogP contribution in [0.4, 0.5) is 0 Å². The van der Waals surface area contributed by atoms with Gasteiger partial charge in [0.2, 0.25) is 0 Å². The highest BCUT2D eigenvalue weighted by Gasteiger charge is 2.17. The third-order valence-electron chi connectivity index (χ3n) is 9.81. The maximum absolute atomic E-state index is 9.18. The fourth-order valence-electron chi connectivity index (χ4n) is 7.50. The molecular formula is C48H32N2. The predicted molar refractivity (Wildman–Crippen MR) is 211 cm³/mol. The first kappa shape index (κ1) is 24.5. The Morgan fingerprint density at radius 1 is 0.320 bits per heavy atom. The first-order valence-electron chi connectivity index (χ1n) is 18.9. The van der Waals surface area contributed by atoms with E-state index < -0.39 is 0 Å². The first-order chi connectivity index (χ1) is 26.5. The van der Waals surface area contributed by atoms with Gasteiger partial charge in [-0.25, -0.2) is 0 Å². The van der Waals surface area contributed by atoms with Crippen LogP contribution in [-0.2, 0) is 0 Å². The number of nitrogens with zero attached hydrogens (tertiary/aromatic N) is 2. The molecule has 0 amide bonds. The molecule has 2 nitrogen and oxygen atoms in total. The maximum Gasteiger partial charge on any atom is 0.0645 e. The molecule has 0 atom stereocenters. The van der Waals surface area contributed by atoms with E-state index in [1.807, 2.05) is 65.2 Å². The Morgan fingerprint density at radius 3 is 1.44 bits per heavy atom. The third kappa shape index (κ3) is 4.50. The Balaban J connectivity index is 1.16. The minimum atomic E-state index is -0.0720. The topological polar surface area (TPSA) is 9.86 Å². The standard InChI is InChI=1S/C48H32N2/c1-3-13-33(14-4-1)34-23-27-38(28-24-34)49-45-21-11-8-18-40(45)42-31-36(25-29-47(42)49)37-26-30-48-43(32-37)41-19-9-12-22-46(41)50(48)44-20-10-7-17-39(44)35-15-5-2-6-16-35/h1-32H/i23D,24D,27D,28D. The predicted octanol–water partition coefficient (Wildman–Crippen LogP) is 12.9. The summed E-state index contributed by atoms with van der Waals surface area (Å²) >= 11 is 0. The van der Waals surface area contributed by atoms with Crippen LogP contribution in [0.15, 0.2) is 194 Å². The van der Waals surface area contributed by atoms with Crippen molar-refractivity contribution in [3.05, 3.63) is 194 Å². The van der Waals surface area contributed by atoms with Gasteiger partial charge in [0, 0.05) is 32.8 Å². The van der Waals surface area contributed by atoms with Gasteiger partial charge in [-0.1, -0.05) is 139 Å². The van der Waals surface area contributed by atoms with Gasteiger partial charge in [-0.3, -0.25) is 0 Å². The number of fused-ring (bicyclic) bond motifs is 6. The molecule has 2 heterocycles. The molecule has 0 saturated heterocycles. The van der Waals surface area contributed by atoms with Gasteiger partial charge in [0.1, 0.15) is 0 Å². The van der Waals surface area contributed by atoms with E-state index in [9.17, 15) is 2.74 Å². The van der Waals surface area contributed by atoms with Crippen molar-refractivity contribution in [1.29, 1.82) is 0 Å². The average molecular weight is 641 g/mol. The molecule has 0 radical (unpaired) electrons. The molecule has 0 unspecified atom stereocenters. The number of rotatable bonds is 5. The third-order valence-corrected chi connectivity index (χ3v) is 9.81.